The number of ether oxygens (including phenoxy) is 1. The van der Waals surface area contributed by atoms with Crippen molar-refractivity contribution < 1.29 is 13.2 Å². The highest BCUT2D eigenvalue weighted by molar-refractivity contribution is 7.92. The fraction of sp³-hybridized carbons (Fsp3) is 0.192. The molecule has 0 unspecified atom stereocenters. The number of hydrogen-bond donors (Lipinski definition) is 2. The normalized spacial score (nSPS) is 17.5. The predicted molar refractivity (Wildman–Crippen MR) is 147 cm³/mol. The van der Waals surface area contributed by atoms with Gasteiger partial charge < -0.3 is 19.5 Å². The number of rotatable bonds is 8. The minimum Gasteiger partial charge on any atom is -0.495 e. The number of thiocarbonyl (C=S) groups is 1. The molecule has 5 rings (SSSR count). The van der Waals surface area contributed by atoms with Crippen molar-refractivity contribution in [2.24, 2.45) is 0 Å². The zero-order valence-corrected chi connectivity index (χ0v) is 21.9. The molecule has 37 heavy (non-hydrogen) atoms. The molecule has 9 nitrogen and oxygen atoms in total. The van der Waals surface area contributed by atoms with Crippen molar-refractivity contribution in [3.63, 3.8) is 0 Å². The number of sulfonamides is 1. The van der Waals surface area contributed by atoms with Crippen LogP contribution in [-0.4, -0.2) is 41.4 Å². The lowest BCUT2D eigenvalue weighted by atomic mass is 10.0. The Labute approximate surface area is 221 Å². The lowest BCUT2D eigenvalue weighted by Crippen LogP contribution is -2.30. The number of nitrogens with one attached hydrogen (secondary N) is 2. The van der Waals surface area contributed by atoms with Crippen molar-refractivity contribution in [3.05, 3.63) is 102 Å². The van der Waals surface area contributed by atoms with Gasteiger partial charge in [-0.05, 0) is 66.3 Å². The molecule has 1 aliphatic heterocycles. The maximum Gasteiger partial charge on any atom is 0.229 e. The average Bonchev–Trinajstić information content (AvgIpc) is 3.47. The summed E-state index contributed by atoms with van der Waals surface area (Å²) in [5.74, 6) is 0.407. The molecule has 1 fully saturated rings. The molecular formula is C26H26N6O3S2. The Bertz CT molecular complexity index is 1510. The summed E-state index contributed by atoms with van der Waals surface area (Å²) in [6, 6.07) is 18.6. The van der Waals surface area contributed by atoms with Crippen molar-refractivity contribution in [2.75, 3.05) is 23.0 Å². The highest BCUT2D eigenvalue weighted by atomic mass is 32.2. The average molecular weight is 535 g/mol. The number of anilines is 2. The summed E-state index contributed by atoms with van der Waals surface area (Å²) in [7, 11) is -2.04. The van der Waals surface area contributed by atoms with Crippen LogP contribution in [0.25, 0.3) is 0 Å². The third-order valence-electron chi connectivity index (χ3n) is 6.10. The highest BCUT2D eigenvalue weighted by Gasteiger charge is 2.42. The summed E-state index contributed by atoms with van der Waals surface area (Å²) in [5.41, 5.74) is 3.96. The Morgan fingerprint density at radius 2 is 1.97 bits per heavy atom. The van der Waals surface area contributed by atoms with E-state index in [-0.39, 0.29) is 12.1 Å². The fourth-order valence-corrected chi connectivity index (χ4v) is 5.49. The number of aromatic nitrogens is 3. The smallest absolute Gasteiger partial charge is 0.229 e. The standard InChI is InChI=1S/C26H26N6O3S2/c1-35-23-11-10-19(15-21(23)30-37(2,33)34)32-25(24(29-26(32)36)20-8-3-4-13-28-20)22-9-6-14-31(22)17-18-7-5-12-27-16-18/h3-16,24-25,30H,17H2,1-2H3,(H,29,36)/t24-,25+/m1/s1. The molecule has 0 saturated carbocycles. The summed E-state index contributed by atoms with van der Waals surface area (Å²) < 4.78 is 34.2. The van der Waals surface area contributed by atoms with E-state index in [1.165, 1.54) is 7.11 Å². The zero-order valence-electron chi connectivity index (χ0n) is 20.3. The van der Waals surface area contributed by atoms with Gasteiger partial charge in [0, 0.05) is 42.7 Å². The van der Waals surface area contributed by atoms with Crippen LogP contribution in [0.5, 0.6) is 5.75 Å². The molecule has 3 aromatic heterocycles. The van der Waals surface area contributed by atoms with E-state index in [2.05, 4.69) is 30.6 Å². The van der Waals surface area contributed by atoms with Crippen molar-refractivity contribution in [3.8, 4) is 5.75 Å². The van der Waals surface area contributed by atoms with E-state index in [9.17, 15) is 8.42 Å². The van der Waals surface area contributed by atoms with E-state index >= 15 is 0 Å². The van der Waals surface area contributed by atoms with Gasteiger partial charge in [-0.25, -0.2) is 8.42 Å². The molecule has 2 atom stereocenters. The summed E-state index contributed by atoms with van der Waals surface area (Å²) in [6.07, 6.45) is 8.50. The third-order valence-corrected chi connectivity index (χ3v) is 7.00. The molecule has 190 valence electrons. The van der Waals surface area contributed by atoms with Crippen molar-refractivity contribution in [1.82, 2.24) is 19.9 Å². The van der Waals surface area contributed by atoms with Gasteiger partial charge in [-0.1, -0.05) is 12.1 Å². The Kier molecular flexibility index (Phi) is 6.81. The van der Waals surface area contributed by atoms with Gasteiger partial charge in [0.25, 0.3) is 0 Å². The van der Waals surface area contributed by atoms with Gasteiger partial charge in [0.2, 0.25) is 10.0 Å². The van der Waals surface area contributed by atoms with Crippen LogP contribution in [-0.2, 0) is 16.6 Å². The summed E-state index contributed by atoms with van der Waals surface area (Å²) in [5, 5.41) is 3.95. The summed E-state index contributed by atoms with van der Waals surface area (Å²) in [6.45, 7) is 0.631. The largest absolute Gasteiger partial charge is 0.495 e. The lowest BCUT2D eigenvalue weighted by molar-refractivity contribution is 0.417. The molecular weight excluding hydrogens is 508 g/mol. The number of pyridine rings is 2. The van der Waals surface area contributed by atoms with E-state index in [1.807, 2.05) is 59.8 Å². The molecule has 1 aromatic carbocycles. The second kappa shape index (κ2) is 10.2. The Morgan fingerprint density at radius 3 is 2.68 bits per heavy atom. The molecule has 2 N–H and O–H groups in total. The Hall–Kier alpha value is -3.96. The lowest BCUT2D eigenvalue weighted by Gasteiger charge is -2.29. The number of nitrogens with zero attached hydrogens (tertiary/aromatic N) is 4. The van der Waals surface area contributed by atoms with E-state index in [0.29, 0.717) is 28.8 Å². The first-order valence-electron chi connectivity index (χ1n) is 11.5. The number of methoxy groups -OCH3 is 1. The van der Waals surface area contributed by atoms with Gasteiger partial charge in [-0.15, -0.1) is 0 Å². The van der Waals surface area contributed by atoms with Gasteiger partial charge in [0.15, 0.2) is 5.11 Å². The zero-order chi connectivity index (χ0) is 26.0. The quantitative estimate of drug-likeness (QED) is 0.329. The SMILES string of the molecule is COc1ccc(N2C(=S)N[C@H](c3ccccn3)[C@@H]2c2cccn2Cc2cccnc2)cc1NS(C)(=O)=O. The van der Waals surface area contributed by atoms with Crippen molar-refractivity contribution >= 4 is 38.7 Å². The molecule has 0 radical (unpaired) electrons. The van der Waals surface area contributed by atoms with Gasteiger partial charge >= 0.3 is 0 Å². The van der Waals surface area contributed by atoms with Gasteiger partial charge in [-0.2, -0.15) is 0 Å². The first-order valence-corrected chi connectivity index (χ1v) is 13.8. The Balaban J connectivity index is 1.62. The monoisotopic (exact) mass is 534 g/mol. The maximum atomic E-state index is 12.0. The maximum absolute atomic E-state index is 12.0. The van der Waals surface area contributed by atoms with Crippen LogP contribution in [0.15, 0.2) is 85.5 Å². The van der Waals surface area contributed by atoms with Gasteiger partial charge in [0.05, 0.1) is 30.8 Å². The molecule has 11 heteroatoms. The van der Waals surface area contributed by atoms with E-state index in [4.69, 9.17) is 17.0 Å². The number of hydrogen-bond acceptors (Lipinski definition) is 6. The first kappa shape index (κ1) is 24.7. The fourth-order valence-electron chi connectivity index (χ4n) is 4.59. The van der Waals surface area contributed by atoms with Crippen molar-refractivity contribution in [1.29, 1.82) is 0 Å². The molecule has 0 spiro atoms. The van der Waals surface area contributed by atoms with Crippen LogP contribution in [0.1, 0.15) is 29.0 Å². The van der Waals surface area contributed by atoms with E-state index in [1.54, 1.807) is 24.5 Å². The van der Waals surface area contributed by atoms with Gasteiger partial charge in [-0.3, -0.25) is 14.7 Å². The van der Waals surface area contributed by atoms with Crippen LogP contribution in [0.3, 0.4) is 0 Å². The van der Waals surface area contributed by atoms with Crippen LogP contribution < -0.4 is 19.7 Å². The molecule has 1 saturated heterocycles. The molecule has 1 aliphatic rings. The summed E-state index contributed by atoms with van der Waals surface area (Å²) in [4.78, 5) is 10.9. The molecule has 0 bridgehead atoms. The second-order valence-electron chi connectivity index (χ2n) is 8.68. The van der Waals surface area contributed by atoms with Crippen LogP contribution in [0.2, 0.25) is 0 Å². The minimum absolute atomic E-state index is 0.246. The van der Waals surface area contributed by atoms with Crippen LogP contribution in [0.4, 0.5) is 11.4 Å². The minimum atomic E-state index is -3.53. The van der Waals surface area contributed by atoms with Crippen LogP contribution in [0, 0.1) is 0 Å². The second-order valence-corrected chi connectivity index (χ2v) is 10.8. The van der Waals surface area contributed by atoms with E-state index < -0.39 is 10.0 Å². The van der Waals surface area contributed by atoms with E-state index in [0.717, 1.165) is 23.2 Å². The number of benzene rings is 1. The van der Waals surface area contributed by atoms with Gasteiger partial charge in [0.1, 0.15) is 11.8 Å². The molecule has 4 heterocycles. The Morgan fingerprint density at radius 1 is 1.11 bits per heavy atom. The summed E-state index contributed by atoms with van der Waals surface area (Å²) >= 11 is 5.84. The molecule has 0 aliphatic carbocycles. The third kappa shape index (κ3) is 5.27. The first-order chi connectivity index (χ1) is 17.8. The topological polar surface area (TPSA) is 101 Å². The van der Waals surface area contributed by atoms with Crippen molar-refractivity contribution in [2.45, 2.75) is 18.6 Å². The van der Waals surface area contributed by atoms with Crippen LogP contribution >= 0.6 is 12.2 Å². The highest BCUT2D eigenvalue weighted by Crippen LogP contribution is 2.43. The molecule has 4 aromatic rings. The predicted octanol–water partition coefficient (Wildman–Crippen LogP) is 3.88. The molecule has 0 amide bonds.